The van der Waals surface area contributed by atoms with E-state index in [1.807, 2.05) is 39.8 Å². The molecule has 4 aromatic carbocycles. The number of esters is 2. The Kier molecular flexibility index (Phi) is 37.4. The van der Waals surface area contributed by atoms with Crippen LogP contribution < -0.4 is 49.4 Å². The van der Waals surface area contributed by atoms with Gasteiger partial charge in [0.25, 0.3) is 0 Å². The number of fused-ring (bicyclic) bond motifs is 12. The second-order valence-corrected chi connectivity index (χ2v) is 39.1. The zero-order chi connectivity index (χ0) is 89.1. The lowest BCUT2D eigenvalue weighted by Gasteiger charge is -2.47. The second kappa shape index (κ2) is 46.6. The third kappa shape index (κ3) is 27.3. The Morgan fingerprint density at radius 1 is 0.431 bits per heavy atom. The van der Waals surface area contributed by atoms with E-state index in [9.17, 15) is 37.4 Å². The van der Waals surface area contributed by atoms with Crippen LogP contribution in [0.2, 0.25) is 0 Å². The SMILES string of the molecule is CCCOc1cc2c(cc1OC)C1CC(OC(=O)[C@@H](N)C(C)C)C(CC(C)C)CN1CC2.COc1cc2c(cc1OCC1CC1)CCN1CC(CC(C)C)C(OC(=O)[C@@H](N)C(C)C)CC21.COc1cc2c(cc1OCCCCC(F)(F)F)CCN1CC(CC(C)C)C(O)CC21.COc1cc2c(cc1OCCCCCF)CCN1CC(CC(C)C)C(O)CC21. The van der Waals surface area contributed by atoms with Gasteiger partial charge in [0.1, 0.15) is 24.3 Å². The van der Waals surface area contributed by atoms with Gasteiger partial charge in [0.05, 0.1) is 73.7 Å². The summed E-state index contributed by atoms with van der Waals surface area (Å²) in [4.78, 5) is 35.7. The number of nitrogens with zero attached hydrogens (tertiary/aromatic N) is 4. The average Bonchev–Trinajstić information content (AvgIpc) is 0.837. The molecule has 5 fully saturated rings. The van der Waals surface area contributed by atoms with Crippen molar-refractivity contribution in [1.82, 2.24) is 19.6 Å². The fraction of sp³-hybridized carbons (Fsp3) is 0.737. The molecule has 20 nitrogen and oxygen atoms in total. The van der Waals surface area contributed by atoms with Crippen LogP contribution in [0.1, 0.15) is 268 Å². The van der Waals surface area contributed by atoms with Gasteiger partial charge in [-0.15, -0.1) is 0 Å². The molecular formula is C99H154F4N6O14. The molecule has 1 saturated carbocycles. The molecule has 12 unspecified atom stereocenters. The molecular weight excluding hydrogens is 1570 g/mol. The largest absolute Gasteiger partial charge is 0.493 e. The van der Waals surface area contributed by atoms with Crippen molar-refractivity contribution in [2.45, 2.75) is 292 Å². The normalized spacial score (nSPS) is 24.8. The summed E-state index contributed by atoms with van der Waals surface area (Å²) < 4.78 is 108. The Labute approximate surface area is 733 Å². The van der Waals surface area contributed by atoms with E-state index in [0.717, 1.165) is 183 Å². The van der Waals surface area contributed by atoms with Crippen molar-refractivity contribution in [3.05, 3.63) is 93.0 Å². The summed E-state index contributed by atoms with van der Waals surface area (Å²) in [6.45, 7) is 37.5. The Hall–Kier alpha value is -6.38. The number of aliphatic hydroxyl groups is 2. The molecule has 13 rings (SSSR count). The van der Waals surface area contributed by atoms with Crippen molar-refractivity contribution < 1.29 is 84.7 Å². The number of benzene rings is 4. The highest BCUT2D eigenvalue weighted by molar-refractivity contribution is 5.76. The van der Waals surface area contributed by atoms with Gasteiger partial charge in [-0.25, -0.2) is 0 Å². The van der Waals surface area contributed by atoms with Gasteiger partial charge in [0, 0.05) is 108 Å². The summed E-state index contributed by atoms with van der Waals surface area (Å²) >= 11 is 0. The van der Waals surface area contributed by atoms with Crippen LogP contribution in [0.15, 0.2) is 48.5 Å². The van der Waals surface area contributed by atoms with Gasteiger partial charge in [-0.05, 0) is 262 Å². The van der Waals surface area contributed by atoms with E-state index >= 15 is 0 Å². The number of carbonyl (C=O) groups excluding carboxylic acids is 2. The van der Waals surface area contributed by atoms with Gasteiger partial charge in [0.15, 0.2) is 46.0 Å². The van der Waals surface area contributed by atoms with Crippen LogP contribution in [0.4, 0.5) is 17.6 Å². The van der Waals surface area contributed by atoms with Gasteiger partial charge in [-0.1, -0.05) is 90.0 Å². The molecule has 0 aromatic heterocycles. The number of hydrogen-bond acceptors (Lipinski definition) is 20. The van der Waals surface area contributed by atoms with E-state index in [1.54, 1.807) is 28.4 Å². The lowest BCUT2D eigenvalue weighted by Crippen LogP contribution is -2.51. The molecule has 6 N–H and O–H groups in total. The van der Waals surface area contributed by atoms with Crippen LogP contribution in [0.3, 0.4) is 0 Å². The number of unbranched alkanes of at least 4 members (excludes halogenated alkanes) is 3. The number of nitrogens with two attached hydrogens (primary N) is 2. The van der Waals surface area contributed by atoms with Crippen molar-refractivity contribution in [3.8, 4) is 46.0 Å². The summed E-state index contributed by atoms with van der Waals surface area (Å²) in [5.74, 6) is 9.87. The van der Waals surface area contributed by atoms with E-state index < -0.39 is 24.7 Å². The van der Waals surface area contributed by atoms with Gasteiger partial charge in [0.2, 0.25) is 0 Å². The number of rotatable bonds is 35. The van der Waals surface area contributed by atoms with Crippen LogP contribution in [-0.2, 0) is 44.7 Å². The van der Waals surface area contributed by atoms with Crippen LogP contribution >= 0.6 is 0 Å². The molecule has 9 aliphatic rings. The lowest BCUT2D eigenvalue weighted by molar-refractivity contribution is -0.161. The number of hydrogen-bond donors (Lipinski definition) is 4. The van der Waals surface area contributed by atoms with Gasteiger partial charge < -0.3 is 69.0 Å². The Morgan fingerprint density at radius 3 is 1.06 bits per heavy atom. The highest BCUT2D eigenvalue weighted by atomic mass is 19.4. The molecule has 4 saturated heterocycles. The fourth-order valence-corrected chi connectivity index (χ4v) is 20.0. The molecule has 692 valence electrons. The molecule has 0 bridgehead atoms. The third-order valence-corrected chi connectivity index (χ3v) is 26.8. The summed E-state index contributed by atoms with van der Waals surface area (Å²) in [5.41, 5.74) is 22.4. The smallest absolute Gasteiger partial charge is 0.389 e. The van der Waals surface area contributed by atoms with Gasteiger partial charge >= 0.3 is 18.1 Å². The minimum atomic E-state index is -4.12. The summed E-state index contributed by atoms with van der Waals surface area (Å²) in [6.07, 6.45) is 11.7. The van der Waals surface area contributed by atoms with E-state index in [1.165, 1.54) is 57.3 Å². The Morgan fingerprint density at radius 2 is 0.748 bits per heavy atom. The standard InChI is InChI=1S/C27H42N2O4.C26H42N2O4.C23H34F3NO3.C23H36FNO3/c1-16(2)10-20-14-29-9-8-19-11-25(32-15-18-6-7-18)24(31-5)12-21(19)22(29)13-23(20)33-27(30)26(28)17(3)4;1-7-10-31-24-12-18-8-9-28-15-19(11-16(2)3)22(32-26(29)25(27)17(4)5)14-21(28)20(18)13-23(24)30-6;1-15(2)10-17-14-27-8-6-16-11-22(30-9-5-4-7-23(24,25)26)21(29-3)12-18(16)19(27)13-20(17)28;1-16(2)11-18-15-25-9-7-17-12-23(28-10-6-4-5-8-24)22(27-3)13-19(17)20(25)14-21(18)26/h11-12,16-18,20,22-23,26H,6-10,13-15,28H2,1-5H3;12-13,16-17,19,21-22,25H,7-11,14-15,27H2,1-6H3;11-12,15,17,19-20,28H,4-10,13-14H2,1-3H3;12-13,16,18,20-21,26H,4-11,14-15H2,1-3H3/t20?,22?,23?,26-;19?,21?,22?,25-;;/m00../s1. The van der Waals surface area contributed by atoms with Crippen LogP contribution in [0.25, 0.3) is 0 Å². The number of alkyl halides is 4. The monoisotopic (exact) mass is 1730 g/mol. The van der Waals surface area contributed by atoms with Crippen molar-refractivity contribution in [1.29, 1.82) is 0 Å². The number of ether oxygens (including phenoxy) is 10. The first-order chi connectivity index (χ1) is 58.7. The minimum Gasteiger partial charge on any atom is -0.493 e. The zero-order valence-corrected chi connectivity index (χ0v) is 77.5. The first kappa shape index (κ1) is 98.8. The number of piperidine rings is 4. The molecule has 123 heavy (non-hydrogen) atoms. The molecule has 0 amide bonds. The van der Waals surface area contributed by atoms with Crippen molar-refractivity contribution >= 4 is 11.9 Å². The number of aliphatic hydroxyl groups excluding tert-OH is 2. The second-order valence-electron chi connectivity index (χ2n) is 39.1. The maximum Gasteiger partial charge on any atom is 0.389 e. The maximum absolute atomic E-state index is 12.8. The maximum atomic E-state index is 12.8. The molecule has 0 spiro atoms. The first-order valence-corrected chi connectivity index (χ1v) is 46.9. The zero-order valence-electron chi connectivity index (χ0n) is 77.5. The van der Waals surface area contributed by atoms with E-state index in [4.69, 9.17) is 58.8 Å². The van der Waals surface area contributed by atoms with Crippen molar-refractivity contribution in [2.75, 3.05) is 114 Å². The molecule has 8 heterocycles. The average molecular weight is 1730 g/mol. The van der Waals surface area contributed by atoms with Gasteiger partial charge in [-0.3, -0.25) is 33.6 Å². The number of halogens is 4. The molecule has 8 aliphatic heterocycles. The van der Waals surface area contributed by atoms with E-state index in [0.29, 0.717) is 97.2 Å². The van der Waals surface area contributed by atoms with E-state index in [-0.39, 0.29) is 92.1 Å². The number of methoxy groups -OCH3 is 4. The third-order valence-electron chi connectivity index (χ3n) is 26.8. The van der Waals surface area contributed by atoms with E-state index in [2.05, 4.69) is 118 Å². The summed E-state index contributed by atoms with van der Waals surface area (Å²) in [5, 5.41) is 21.5. The molecule has 0 radical (unpaired) electrons. The summed E-state index contributed by atoms with van der Waals surface area (Å²) in [7, 11) is 6.65. The molecule has 4 aromatic rings. The van der Waals surface area contributed by atoms with Crippen molar-refractivity contribution in [3.63, 3.8) is 0 Å². The molecule has 24 heteroatoms. The predicted octanol–water partition coefficient (Wildman–Crippen LogP) is 18.4. The Balaban J connectivity index is 0.000000172. The minimum absolute atomic E-state index is 0.0588. The molecule has 1 aliphatic carbocycles. The topological polar surface area (TPSA) is 232 Å². The quantitative estimate of drug-likeness (QED) is 0.0190. The lowest BCUT2D eigenvalue weighted by atomic mass is 9.79. The van der Waals surface area contributed by atoms with Crippen LogP contribution in [0.5, 0.6) is 46.0 Å². The fourth-order valence-electron chi connectivity index (χ4n) is 20.0. The van der Waals surface area contributed by atoms with Crippen LogP contribution in [-0.4, -0.2) is 198 Å². The number of carbonyl (C=O) groups is 2. The van der Waals surface area contributed by atoms with Crippen LogP contribution in [0, 0.1) is 65.1 Å². The van der Waals surface area contributed by atoms with Gasteiger partial charge in [-0.2, -0.15) is 13.2 Å². The van der Waals surface area contributed by atoms with Crippen molar-refractivity contribution in [2.24, 2.45) is 76.6 Å². The summed E-state index contributed by atoms with van der Waals surface area (Å²) in [6, 6.07) is 16.5. The highest BCUT2D eigenvalue weighted by Gasteiger charge is 2.46. The Bertz CT molecular complexity index is 3950. The highest BCUT2D eigenvalue weighted by Crippen LogP contribution is 2.50. The molecule has 14 atom stereocenters. The predicted molar refractivity (Wildman–Crippen MR) is 476 cm³/mol. The first-order valence-electron chi connectivity index (χ1n) is 46.9.